The number of nitrogens with zero attached hydrogens (tertiary/aromatic N) is 3. The van der Waals surface area contributed by atoms with Crippen LogP contribution in [0.2, 0.25) is 5.02 Å². The van der Waals surface area contributed by atoms with Crippen molar-refractivity contribution in [1.29, 1.82) is 0 Å². The molecule has 1 amide bonds. The molecule has 0 radical (unpaired) electrons. The highest BCUT2D eigenvalue weighted by Crippen LogP contribution is 2.12. The molecule has 1 aromatic carbocycles. The second-order valence-electron chi connectivity index (χ2n) is 5.55. The van der Waals surface area contributed by atoms with Gasteiger partial charge in [-0.25, -0.2) is 8.42 Å². The Kier molecular flexibility index (Phi) is 6.01. The summed E-state index contributed by atoms with van der Waals surface area (Å²) in [4.78, 5) is 13.6. The quantitative estimate of drug-likeness (QED) is 0.749. The van der Waals surface area contributed by atoms with Crippen LogP contribution in [-0.4, -0.2) is 41.8 Å². The third-order valence-corrected chi connectivity index (χ3v) is 5.25. The van der Waals surface area contributed by atoms with E-state index in [-0.39, 0.29) is 5.75 Å². The van der Waals surface area contributed by atoms with E-state index >= 15 is 0 Å². The smallest absolute Gasteiger partial charge is 0.237 e. The lowest BCUT2D eigenvalue weighted by molar-refractivity contribution is -0.127. The van der Waals surface area contributed by atoms with Gasteiger partial charge in [0.15, 0.2) is 9.84 Å². The number of benzene rings is 1. The van der Waals surface area contributed by atoms with Crippen LogP contribution in [0.3, 0.4) is 0 Å². The average Bonchev–Trinajstić information content (AvgIpc) is 2.95. The Morgan fingerprint density at radius 3 is 2.54 bits per heavy atom. The monoisotopic (exact) mass is 369 g/mol. The number of carbonyl (C=O) groups excluding carboxylic acids is 1. The number of rotatable bonds is 7. The fraction of sp³-hybridized carbons (Fsp3) is 0.375. The van der Waals surface area contributed by atoms with E-state index in [0.717, 1.165) is 5.56 Å². The summed E-state index contributed by atoms with van der Waals surface area (Å²) in [7, 11) is -1.97. The third-order valence-electron chi connectivity index (χ3n) is 3.57. The molecule has 2 aromatic rings. The number of hydrogen-bond acceptors (Lipinski definition) is 4. The highest BCUT2D eigenvalue weighted by molar-refractivity contribution is 7.91. The predicted molar refractivity (Wildman–Crippen MR) is 93.3 cm³/mol. The van der Waals surface area contributed by atoms with Crippen LogP contribution in [0, 0.1) is 0 Å². The van der Waals surface area contributed by atoms with Crippen molar-refractivity contribution in [1.82, 2.24) is 14.7 Å². The van der Waals surface area contributed by atoms with Crippen molar-refractivity contribution in [3.63, 3.8) is 0 Å². The molecule has 0 saturated heterocycles. The lowest BCUT2D eigenvalue weighted by atomic mass is 10.2. The van der Waals surface area contributed by atoms with Crippen molar-refractivity contribution in [2.24, 2.45) is 0 Å². The zero-order valence-electron chi connectivity index (χ0n) is 13.6. The normalized spacial score (nSPS) is 11.5. The Morgan fingerprint density at radius 1 is 1.25 bits per heavy atom. The van der Waals surface area contributed by atoms with Crippen LogP contribution in [0.15, 0.2) is 36.5 Å². The van der Waals surface area contributed by atoms with Crippen LogP contribution in [0.5, 0.6) is 0 Å². The van der Waals surface area contributed by atoms with Gasteiger partial charge < -0.3 is 4.90 Å². The van der Waals surface area contributed by atoms with Crippen LogP contribution < -0.4 is 0 Å². The molecule has 0 atom stereocenters. The van der Waals surface area contributed by atoms with Gasteiger partial charge in [0.05, 0.1) is 11.4 Å². The second kappa shape index (κ2) is 7.81. The summed E-state index contributed by atoms with van der Waals surface area (Å²) < 4.78 is 26.2. The average molecular weight is 370 g/mol. The van der Waals surface area contributed by atoms with Gasteiger partial charge in [0, 0.05) is 31.4 Å². The number of carbonyl (C=O) groups is 1. The van der Waals surface area contributed by atoms with Crippen molar-refractivity contribution < 1.29 is 13.2 Å². The van der Waals surface area contributed by atoms with Crippen LogP contribution in [-0.2, 0) is 33.5 Å². The minimum absolute atomic E-state index is 0.193. The Balaban J connectivity index is 1.98. The molecule has 0 fully saturated rings. The van der Waals surface area contributed by atoms with Gasteiger partial charge in [0.1, 0.15) is 5.75 Å². The molecular weight excluding hydrogens is 350 g/mol. The van der Waals surface area contributed by atoms with Crippen molar-refractivity contribution in [3.05, 3.63) is 52.8 Å². The first-order chi connectivity index (χ1) is 11.3. The number of aromatic nitrogens is 2. The SMILES string of the molecule is CCn1nccc1CS(=O)(=O)CC(=O)N(C)Cc1ccc(Cl)cc1. The summed E-state index contributed by atoms with van der Waals surface area (Å²) in [6.45, 7) is 2.80. The van der Waals surface area contributed by atoms with E-state index in [1.54, 1.807) is 48.3 Å². The predicted octanol–water partition coefficient (Wildman–Crippen LogP) is 2.13. The van der Waals surface area contributed by atoms with E-state index in [1.165, 1.54) is 4.90 Å². The van der Waals surface area contributed by atoms with Gasteiger partial charge in [-0.1, -0.05) is 23.7 Å². The Hall–Kier alpha value is -1.86. The topological polar surface area (TPSA) is 72.3 Å². The van der Waals surface area contributed by atoms with E-state index < -0.39 is 21.5 Å². The molecular formula is C16H20ClN3O3S. The van der Waals surface area contributed by atoms with Crippen molar-refractivity contribution in [3.8, 4) is 0 Å². The molecule has 0 N–H and O–H groups in total. The molecule has 0 aliphatic heterocycles. The number of sulfone groups is 1. The van der Waals surface area contributed by atoms with Crippen molar-refractivity contribution >= 4 is 27.3 Å². The molecule has 0 unspecified atom stereocenters. The van der Waals surface area contributed by atoms with Gasteiger partial charge in [-0.05, 0) is 30.7 Å². The second-order valence-corrected chi connectivity index (χ2v) is 8.05. The molecule has 0 aliphatic rings. The molecule has 0 bridgehead atoms. The van der Waals surface area contributed by atoms with Gasteiger partial charge in [-0.15, -0.1) is 0 Å². The van der Waals surface area contributed by atoms with Crippen LogP contribution in [0.4, 0.5) is 0 Å². The number of halogens is 1. The summed E-state index contributed by atoms with van der Waals surface area (Å²) in [5, 5.41) is 4.66. The molecule has 0 spiro atoms. The minimum atomic E-state index is -3.55. The molecule has 2 rings (SSSR count). The molecule has 130 valence electrons. The van der Waals surface area contributed by atoms with Gasteiger partial charge in [-0.3, -0.25) is 9.48 Å². The summed E-state index contributed by atoms with van der Waals surface area (Å²) in [6, 6.07) is 8.74. The largest absolute Gasteiger partial charge is 0.341 e. The van der Waals surface area contributed by atoms with Gasteiger partial charge in [0.25, 0.3) is 0 Å². The fourth-order valence-corrected chi connectivity index (χ4v) is 3.81. The number of amides is 1. The number of hydrogen-bond donors (Lipinski definition) is 0. The van der Waals surface area contributed by atoms with Crippen molar-refractivity contribution in [2.75, 3.05) is 12.8 Å². The summed E-state index contributed by atoms with van der Waals surface area (Å²) in [5.74, 6) is -1.15. The van der Waals surface area contributed by atoms with E-state index in [4.69, 9.17) is 11.6 Å². The highest BCUT2D eigenvalue weighted by Gasteiger charge is 2.21. The Bertz CT molecular complexity index is 800. The van der Waals surface area contributed by atoms with E-state index in [9.17, 15) is 13.2 Å². The molecule has 6 nitrogen and oxygen atoms in total. The first-order valence-corrected chi connectivity index (χ1v) is 9.70. The standard InChI is InChI=1S/C16H20ClN3O3S/c1-3-20-15(8-9-18-20)11-24(22,23)12-16(21)19(2)10-13-4-6-14(17)7-5-13/h4-9H,3,10-12H2,1-2H3. The number of aryl methyl sites for hydroxylation is 1. The first-order valence-electron chi connectivity index (χ1n) is 7.50. The fourth-order valence-electron chi connectivity index (χ4n) is 2.29. The first kappa shape index (κ1) is 18.5. The maximum absolute atomic E-state index is 12.3. The molecule has 1 aromatic heterocycles. The van der Waals surface area contributed by atoms with E-state index in [1.807, 2.05) is 6.92 Å². The van der Waals surface area contributed by atoms with Gasteiger partial charge in [-0.2, -0.15) is 5.10 Å². The third kappa shape index (κ3) is 5.07. The van der Waals surface area contributed by atoms with E-state index in [0.29, 0.717) is 23.8 Å². The molecule has 0 saturated carbocycles. The van der Waals surface area contributed by atoms with Crippen LogP contribution in [0.1, 0.15) is 18.2 Å². The lowest BCUT2D eigenvalue weighted by Crippen LogP contribution is -2.32. The molecule has 8 heteroatoms. The summed E-state index contributed by atoms with van der Waals surface area (Å²) >= 11 is 5.82. The molecule has 1 heterocycles. The lowest BCUT2D eigenvalue weighted by Gasteiger charge is -2.17. The highest BCUT2D eigenvalue weighted by atomic mass is 35.5. The Labute approximate surface area is 147 Å². The molecule has 0 aliphatic carbocycles. The van der Waals surface area contributed by atoms with Crippen LogP contribution >= 0.6 is 11.6 Å². The van der Waals surface area contributed by atoms with Gasteiger partial charge >= 0.3 is 0 Å². The summed E-state index contributed by atoms with van der Waals surface area (Å²) in [6.07, 6.45) is 1.56. The maximum Gasteiger partial charge on any atom is 0.237 e. The minimum Gasteiger partial charge on any atom is -0.341 e. The zero-order chi connectivity index (χ0) is 17.7. The zero-order valence-corrected chi connectivity index (χ0v) is 15.2. The van der Waals surface area contributed by atoms with Gasteiger partial charge in [0.2, 0.25) is 5.91 Å². The summed E-state index contributed by atoms with van der Waals surface area (Å²) in [5.41, 5.74) is 1.47. The Morgan fingerprint density at radius 2 is 1.92 bits per heavy atom. The van der Waals surface area contributed by atoms with Crippen LogP contribution in [0.25, 0.3) is 0 Å². The molecule has 24 heavy (non-hydrogen) atoms. The maximum atomic E-state index is 12.3. The van der Waals surface area contributed by atoms with Crippen molar-refractivity contribution in [2.45, 2.75) is 25.8 Å². The van der Waals surface area contributed by atoms with E-state index in [2.05, 4.69) is 5.10 Å².